The molecule has 1 aliphatic heterocycles. The molecular weight excluding hydrogens is 186 g/mol. The van der Waals surface area contributed by atoms with Gasteiger partial charge in [-0.2, -0.15) is 0 Å². The summed E-state index contributed by atoms with van der Waals surface area (Å²) in [6.07, 6.45) is 1.55. The first-order valence-electron chi connectivity index (χ1n) is 5.65. The van der Waals surface area contributed by atoms with Crippen molar-refractivity contribution in [2.45, 2.75) is 33.0 Å². The molecule has 1 N–H and O–H groups in total. The standard InChI is InChI=1S/C13H19NO/c1-10-4-3-5-11(2)13(10)9-15-12-6-7-14-8-12/h3-5,12,14H,6-9H2,1-2H3. The zero-order valence-corrected chi connectivity index (χ0v) is 9.55. The third kappa shape index (κ3) is 2.58. The van der Waals surface area contributed by atoms with E-state index in [2.05, 4.69) is 37.4 Å². The van der Waals surface area contributed by atoms with E-state index >= 15 is 0 Å². The van der Waals surface area contributed by atoms with Crippen molar-refractivity contribution < 1.29 is 4.74 Å². The average Bonchev–Trinajstić information content (AvgIpc) is 2.70. The zero-order chi connectivity index (χ0) is 10.7. The van der Waals surface area contributed by atoms with Gasteiger partial charge in [-0.25, -0.2) is 0 Å². The van der Waals surface area contributed by atoms with E-state index in [9.17, 15) is 0 Å². The van der Waals surface area contributed by atoms with E-state index in [-0.39, 0.29) is 0 Å². The molecule has 2 rings (SSSR count). The molecule has 82 valence electrons. The van der Waals surface area contributed by atoms with Crippen LogP contribution in [0.1, 0.15) is 23.1 Å². The van der Waals surface area contributed by atoms with E-state index < -0.39 is 0 Å². The van der Waals surface area contributed by atoms with E-state index in [0.29, 0.717) is 6.10 Å². The third-order valence-electron chi connectivity index (χ3n) is 3.12. The van der Waals surface area contributed by atoms with Gasteiger partial charge in [-0.3, -0.25) is 0 Å². The number of benzene rings is 1. The lowest BCUT2D eigenvalue weighted by atomic mass is 10.0. The average molecular weight is 205 g/mol. The molecule has 0 aromatic heterocycles. The second kappa shape index (κ2) is 4.77. The van der Waals surface area contributed by atoms with Crippen LogP contribution >= 0.6 is 0 Å². The summed E-state index contributed by atoms with van der Waals surface area (Å²) in [5, 5.41) is 3.31. The SMILES string of the molecule is Cc1cccc(C)c1COC1CCNC1. The minimum atomic E-state index is 0.406. The number of rotatable bonds is 3. The lowest BCUT2D eigenvalue weighted by Gasteiger charge is -2.14. The second-order valence-corrected chi connectivity index (χ2v) is 4.30. The first-order chi connectivity index (χ1) is 7.27. The number of hydrogen-bond donors (Lipinski definition) is 1. The predicted octanol–water partition coefficient (Wildman–Crippen LogP) is 2.18. The summed E-state index contributed by atoms with van der Waals surface area (Å²) < 4.78 is 5.89. The molecule has 0 bridgehead atoms. The van der Waals surface area contributed by atoms with Crippen LogP contribution in [0.3, 0.4) is 0 Å². The Bertz CT molecular complexity index is 309. The van der Waals surface area contributed by atoms with E-state index in [1.165, 1.54) is 16.7 Å². The van der Waals surface area contributed by atoms with Gasteiger partial charge in [0.05, 0.1) is 12.7 Å². The Morgan fingerprint density at radius 2 is 2.07 bits per heavy atom. The Balaban J connectivity index is 1.97. The fourth-order valence-corrected chi connectivity index (χ4v) is 2.05. The Morgan fingerprint density at radius 1 is 1.33 bits per heavy atom. The molecule has 0 saturated carbocycles. The van der Waals surface area contributed by atoms with Crippen LogP contribution in [-0.4, -0.2) is 19.2 Å². The smallest absolute Gasteiger partial charge is 0.0726 e. The summed E-state index contributed by atoms with van der Waals surface area (Å²) in [6, 6.07) is 6.41. The van der Waals surface area contributed by atoms with Gasteiger partial charge < -0.3 is 10.1 Å². The summed E-state index contributed by atoms with van der Waals surface area (Å²) in [5.41, 5.74) is 4.02. The van der Waals surface area contributed by atoms with E-state index in [0.717, 1.165) is 26.1 Å². The van der Waals surface area contributed by atoms with Crippen molar-refractivity contribution in [3.8, 4) is 0 Å². The summed E-state index contributed by atoms with van der Waals surface area (Å²) in [5.74, 6) is 0. The summed E-state index contributed by atoms with van der Waals surface area (Å²) >= 11 is 0. The molecule has 0 amide bonds. The van der Waals surface area contributed by atoms with Gasteiger partial charge in [0.25, 0.3) is 0 Å². The van der Waals surface area contributed by atoms with Crippen LogP contribution in [0, 0.1) is 13.8 Å². The van der Waals surface area contributed by atoms with Crippen molar-refractivity contribution in [1.82, 2.24) is 5.32 Å². The van der Waals surface area contributed by atoms with Crippen molar-refractivity contribution >= 4 is 0 Å². The van der Waals surface area contributed by atoms with Crippen molar-refractivity contribution in [1.29, 1.82) is 0 Å². The maximum absolute atomic E-state index is 5.89. The van der Waals surface area contributed by atoms with Crippen LogP contribution in [-0.2, 0) is 11.3 Å². The zero-order valence-electron chi connectivity index (χ0n) is 9.55. The van der Waals surface area contributed by atoms with E-state index in [1.807, 2.05) is 0 Å². The molecule has 0 aliphatic carbocycles. The largest absolute Gasteiger partial charge is 0.372 e. The molecule has 1 atom stereocenters. The van der Waals surface area contributed by atoms with Crippen molar-refractivity contribution in [2.75, 3.05) is 13.1 Å². The molecule has 2 nitrogen and oxygen atoms in total. The van der Waals surface area contributed by atoms with Crippen LogP contribution in [0.4, 0.5) is 0 Å². The maximum Gasteiger partial charge on any atom is 0.0726 e. The van der Waals surface area contributed by atoms with Crippen LogP contribution in [0.5, 0.6) is 0 Å². The lowest BCUT2D eigenvalue weighted by molar-refractivity contribution is 0.0536. The Labute approximate surface area is 91.6 Å². The number of aryl methyl sites for hydroxylation is 2. The molecule has 15 heavy (non-hydrogen) atoms. The van der Waals surface area contributed by atoms with Gasteiger partial charge in [0.15, 0.2) is 0 Å². The molecule has 2 heteroatoms. The van der Waals surface area contributed by atoms with Crippen LogP contribution < -0.4 is 5.32 Å². The number of hydrogen-bond acceptors (Lipinski definition) is 2. The van der Waals surface area contributed by atoms with E-state index in [1.54, 1.807) is 0 Å². The van der Waals surface area contributed by atoms with Gasteiger partial charge in [-0.05, 0) is 43.5 Å². The molecule has 1 aromatic carbocycles. The highest BCUT2D eigenvalue weighted by atomic mass is 16.5. The molecule has 0 spiro atoms. The first-order valence-corrected chi connectivity index (χ1v) is 5.65. The predicted molar refractivity (Wildman–Crippen MR) is 62.0 cm³/mol. The van der Waals surface area contributed by atoms with Gasteiger partial charge in [0, 0.05) is 6.54 Å². The fraction of sp³-hybridized carbons (Fsp3) is 0.538. The minimum absolute atomic E-state index is 0.406. The normalized spacial score (nSPS) is 20.8. The summed E-state index contributed by atoms with van der Waals surface area (Å²) in [6.45, 7) is 7.16. The van der Waals surface area contributed by atoms with Gasteiger partial charge in [-0.1, -0.05) is 18.2 Å². The number of ether oxygens (including phenoxy) is 1. The molecule has 1 unspecified atom stereocenters. The highest BCUT2D eigenvalue weighted by molar-refractivity contribution is 5.32. The van der Waals surface area contributed by atoms with E-state index in [4.69, 9.17) is 4.74 Å². The molecule has 1 fully saturated rings. The third-order valence-corrected chi connectivity index (χ3v) is 3.12. The molecule has 1 aliphatic rings. The quantitative estimate of drug-likeness (QED) is 0.816. The molecular formula is C13H19NO. The van der Waals surface area contributed by atoms with Gasteiger partial charge in [-0.15, -0.1) is 0 Å². The van der Waals surface area contributed by atoms with Gasteiger partial charge in [0.1, 0.15) is 0 Å². The lowest BCUT2D eigenvalue weighted by Crippen LogP contribution is -2.17. The molecule has 1 saturated heterocycles. The summed E-state index contributed by atoms with van der Waals surface area (Å²) in [4.78, 5) is 0. The van der Waals surface area contributed by atoms with Crippen molar-refractivity contribution in [3.05, 3.63) is 34.9 Å². The first kappa shape index (κ1) is 10.7. The molecule has 1 aromatic rings. The highest BCUT2D eigenvalue weighted by Crippen LogP contribution is 2.16. The van der Waals surface area contributed by atoms with Crippen LogP contribution in [0.15, 0.2) is 18.2 Å². The Hall–Kier alpha value is -0.860. The Kier molecular flexibility index (Phi) is 3.39. The topological polar surface area (TPSA) is 21.3 Å². The second-order valence-electron chi connectivity index (χ2n) is 4.30. The molecule has 1 heterocycles. The van der Waals surface area contributed by atoms with Crippen LogP contribution in [0.2, 0.25) is 0 Å². The number of nitrogens with one attached hydrogen (secondary N) is 1. The van der Waals surface area contributed by atoms with Crippen molar-refractivity contribution in [3.63, 3.8) is 0 Å². The van der Waals surface area contributed by atoms with Gasteiger partial charge in [0.2, 0.25) is 0 Å². The van der Waals surface area contributed by atoms with Gasteiger partial charge >= 0.3 is 0 Å². The molecule has 0 radical (unpaired) electrons. The monoisotopic (exact) mass is 205 g/mol. The minimum Gasteiger partial charge on any atom is -0.372 e. The Morgan fingerprint density at radius 3 is 2.67 bits per heavy atom. The highest BCUT2D eigenvalue weighted by Gasteiger charge is 2.15. The maximum atomic E-state index is 5.89. The fourth-order valence-electron chi connectivity index (χ4n) is 2.05. The van der Waals surface area contributed by atoms with Crippen LogP contribution in [0.25, 0.3) is 0 Å². The summed E-state index contributed by atoms with van der Waals surface area (Å²) in [7, 11) is 0. The van der Waals surface area contributed by atoms with Crippen molar-refractivity contribution in [2.24, 2.45) is 0 Å².